The third-order valence-corrected chi connectivity index (χ3v) is 3.40. The normalized spacial score (nSPS) is 19.6. The van der Waals surface area contributed by atoms with Crippen LogP contribution in [0, 0.1) is 0 Å². The van der Waals surface area contributed by atoms with Gasteiger partial charge < -0.3 is 10.6 Å². The Kier molecular flexibility index (Phi) is 4.87. The van der Waals surface area contributed by atoms with Crippen LogP contribution in [-0.4, -0.2) is 48.8 Å². The Bertz CT molecular complexity index is 484. The zero-order chi connectivity index (χ0) is 14.5. The van der Waals surface area contributed by atoms with Gasteiger partial charge in [-0.15, -0.1) is 0 Å². The number of amides is 1. The molecule has 5 nitrogen and oxygen atoms in total. The average Bonchev–Trinajstić information content (AvgIpc) is 2.39. The van der Waals surface area contributed by atoms with Crippen LogP contribution in [0.4, 0.5) is 5.69 Å². The smallest absolute Gasteiger partial charge is 0.238 e. The predicted molar refractivity (Wildman–Crippen MR) is 79.0 cm³/mol. The number of anilines is 1. The van der Waals surface area contributed by atoms with Gasteiger partial charge in [-0.05, 0) is 38.1 Å². The first kappa shape index (κ1) is 14.7. The summed E-state index contributed by atoms with van der Waals surface area (Å²) < 4.78 is 0. The number of piperazine rings is 1. The van der Waals surface area contributed by atoms with Crippen molar-refractivity contribution < 1.29 is 9.59 Å². The van der Waals surface area contributed by atoms with Crippen LogP contribution in [0.15, 0.2) is 24.3 Å². The van der Waals surface area contributed by atoms with Gasteiger partial charge in [-0.2, -0.15) is 0 Å². The van der Waals surface area contributed by atoms with Crippen LogP contribution >= 0.6 is 0 Å². The van der Waals surface area contributed by atoms with E-state index in [-0.39, 0.29) is 11.7 Å². The molecule has 0 bridgehead atoms. The molecule has 1 heterocycles. The minimum atomic E-state index is -0.0188. The van der Waals surface area contributed by atoms with Crippen molar-refractivity contribution in [3.8, 4) is 0 Å². The lowest BCUT2D eigenvalue weighted by molar-refractivity contribution is -0.117. The molecule has 1 atom stereocenters. The molecule has 1 fully saturated rings. The van der Waals surface area contributed by atoms with Crippen LogP contribution < -0.4 is 10.6 Å². The molecular formula is C15H21N3O2. The molecule has 1 aliphatic rings. The van der Waals surface area contributed by atoms with E-state index in [0.717, 1.165) is 25.3 Å². The molecular weight excluding hydrogens is 254 g/mol. The van der Waals surface area contributed by atoms with Crippen LogP contribution in [0.3, 0.4) is 0 Å². The van der Waals surface area contributed by atoms with E-state index >= 15 is 0 Å². The number of carbonyl (C=O) groups excluding carboxylic acids is 2. The van der Waals surface area contributed by atoms with Gasteiger partial charge in [0, 0.05) is 36.9 Å². The average molecular weight is 275 g/mol. The fourth-order valence-corrected chi connectivity index (χ4v) is 2.35. The molecule has 2 rings (SSSR count). The maximum Gasteiger partial charge on any atom is 0.238 e. The molecule has 0 aromatic heterocycles. The van der Waals surface area contributed by atoms with E-state index in [0.29, 0.717) is 18.2 Å². The molecule has 0 aliphatic carbocycles. The molecule has 0 spiro atoms. The third-order valence-electron chi connectivity index (χ3n) is 3.40. The Balaban J connectivity index is 1.86. The zero-order valence-corrected chi connectivity index (χ0v) is 12.0. The summed E-state index contributed by atoms with van der Waals surface area (Å²) in [5.41, 5.74) is 1.38. The van der Waals surface area contributed by atoms with Crippen molar-refractivity contribution in [1.82, 2.24) is 10.2 Å². The third kappa shape index (κ3) is 4.15. The first-order valence-corrected chi connectivity index (χ1v) is 6.91. The van der Waals surface area contributed by atoms with Gasteiger partial charge in [0.25, 0.3) is 0 Å². The molecule has 2 N–H and O–H groups in total. The molecule has 0 saturated carbocycles. The summed E-state index contributed by atoms with van der Waals surface area (Å²) in [6.07, 6.45) is 0. The summed E-state index contributed by atoms with van der Waals surface area (Å²) in [5, 5.41) is 6.20. The molecule has 20 heavy (non-hydrogen) atoms. The standard InChI is InChI=1S/C15H21N3O2/c1-11-9-18(8-7-16-11)10-15(20)17-14-5-3-13(4-6-14)12(2)19/h3-6,11,16H,7-10H2,1-2H3,(H,17,20)/t11-/m1/s1. The van der Waals surface area contributed by atoms with Crippen molar-refractivity contribution in [2.45, 2.75) is 19.9 Å². The van der Waals surface area contributed by atoms with Crippen LogP contribution in [-0.2, 0) is 4.79 Å². The van der Waals surface area contributed by atoms with Crippen LogP contribution in [0.5, 0.6) is 0 Å². The van der Waals surface area contributed by atoms with Gasteiger partial charge in [0.15, 0.2) is 5.78 Å². The van der Waals surface area contributed by atoms with Gasteiger partial charge in [0.05, 0.1) is 6.54 Å². The van der Waals surface area contributed by atoms with E-state index in [1.165, 1.54) is 6.92 Å². The minimum Gasteiger partial charge on any atom is -0.325 e. The van der Waals surface area contributed by atoms with Gasteiger partial charge in [-0.3, -0.25) is 14.5 Å². The molecule has 1 aliphatic heterocycles. The molecule has 1 saturated heterocycles. The van der Waals surface area contributed by atoms with Crippen molar-refractivity contribution in [1.29, 1.82) is 0 Å². The highest BCUT2D eigenvalue weighted by Crippen LogP contribution is 2.10. The topological polar surface area (TPSA) is 61.4 Å². The Morgan fingerprint density at radius 2 is 2.05 bits per heavy atom. The van der Waals surface area contributed by atoms with Crippen molar-refractivity contribution in [3.63, 3.8) is 0 Å². The van der Waals surface area contributed by atoms with Gasteiger partial charge in [-0.25, -0.2) is 0 Å². The first-order chi connectivity index (χ1) is 9.54. The van der Waals surface area contributed by atoms with Crippen molar-refractivity contribution >= 4 is 17.4 Å². The second-order valence-corrected chi connectivity index (χ2v) is 5.27. The maximum atomic E-state index is 12.0. The Morgan fingerprint density at radius 3 is 2.65 bits per heavy atom. The Hall–Kier alpha value is -1.72. The molecule has 1 aromatic rings. The van der Waals surface area contributed by atoms with E-state index in [1.807, 2.05) is 0 Å². The van der Waals surface area contributed by atoms with E-state index < -0.39 is 0 Å². The monoisotopic (exact) mass is 275 g/mol. The number of nitrogens with zero attached hydrogens (tertiary/aromatic N) is 1. The van der Waals surface area contributed by atoms with Gasteiger partial charge >= 0.3 is 0 Å². The number of hydrogen-bond acceptors (Lipinski definition) is 4. The van der Waals surface area contributed by atoms with Crippen LogP contribution in [0.1, 0.15) is 24.2 Å². The summed E-state index contributed by atoms with van der Waals surface area (Å²) in [6, 6.07) is 7.39. The SMILES string of the molecule is CC(=O)c1ccc(NC(=O)CN2CCN[C@H](C)C2)cc1. The molecule has 108 valence electrons. The number of hydrogen-bond donors (Lipinski definition) is 2. The molecule has 1 amide bonds. The zero-order valence-electron chi connectivity index (χ0n) is 12.0. The summed E-state index contributed by atoms with van der Waals surface area (Å²) >= 11 is 0. The molecule has 5 heteroatoms. The van der Waals surface area contributed by atoms with Gasteiger partial charge in [0.1, 0.15) is 0 Å². The molecule has 0 unspecified atom stereocenters. The number of nitrogens with one attached hydrogen (secondary N) is 2. The fraction of sp³-hybridized carbons (Fsp3) is 0.467. The number of Topliss-reactive ketones (excluding diaryl/α,β-unsaturated/α-hetero) is 1. The van der Waals surface area contributed by atoms with E-state index in [9.17, 15) is 9.59 Å². The lowest BCUT2D eigenvalue weighted by Gasteiger charge is -2.31. The van der Waals surface area contributed by atoms with Crippen molar-refractivity contribution in [2.75, 3.05) is 31.5 Å². The van der Waals surface area contributed by atoms with Gasteiger partial charge in [0.2, 0.25) is 5.91 Å². The number of benzene rings is 1. The van der Waals surface area contributed by atoms with Crippen LogP contribution in [0.25, 0.3) is 0 Å². The minimum absolute atomic E-state index is 0.0188. The lowest BCUT2D eigenvalue weighted by Crippen LogP contribution is -2.51. The highest BCUT2D eigenvalue weighted by Gasteiger charge is 2.17. The Morgan fingerprint density at radius 1 is 1.35 bits per heavy atom. The van der Waals surface area contributed by atoms with E-state index in [2.05, 4.69) is 22.5 Å². The Labute approximate surface area is 119 Å². The molecule has 0 radical (unpaired) electrons. The summed E-state index contributed by atoms with van der Waals surface area (Å²) in [4.78, 5) is 25.3. The number of carbonyl (C=O) groups is 2. The maximum absolute atomic E-state index is 12.0. The second kappa shape index (κ2) is 6.63. The van der Waals surface area contributed by atoms with E-state index in [1.54, 1.807) is 24.3 Å². The summed E-state index contributed by atoms with van der Waals surface area (Å²) in [7, 11) is 0. The van der Waals surface area contributed by atoms with Crippen molar-refractivity contribution in [2.24, 2.45) is 0 Å². The fourth-order valence-electron chi connectivity index (χ4n) is 2.35. The second-order valence-electron chi connectivity index (χ2n) is 5.27. The van der Waals surface area contributed by atoms with Crippen LogP contribution in [0.2, 0.25) is 0 Å². The first-order valence-electron chi connectivity index (χ1n) is 6.91. The number of rotatable bonds is 4. The summed E-state index contributed by atoms with van der Waals surface area (Å²) in [6.45, 7) is 6.74. The largest absolute Gasteiger partial charge is 0.325 e. The van der Waals surface area contributed by atoms with Crippen molar-refractivity contribution in [3.05, 3.63) is 29.8 Å². The highest BCUT2D eigenvalue weighted by molar-refractivity contribution is 5.96. The molecule has 1 aromatic carbocycles. The number of ketones is 1. The lowest BCUT2D eigenvalue weighted by atomic mass is 10.1. The van der Waals surface area contributed by atoms with Gasteiger partial charge in [-0.1, -0.05) is 0 Å². The highest BCUT2D eigenvalue weighted by atomic mass is 16.2. The predicted octanol–water partition coefficient (Wildman–Crippen LogP) is 1.12. The summed E-state index contributed by atoms with van der Waals surface area (Å²) in [5.74, 6) is 0.00681. The quantitative estimate of drug-likeness (QED) is 0.808. The van der Waals surface area contributed by atoms with E-state index in [4.69, 9.17) is 0 Å².